The fraction of sp³-hybridized carbons (Fsp3) is 0.692. The summed E-state index contributed by atoms with van der Waals surface area (Å²) in [6.45, 7) is 9.11. The second-order valence-corrected chi connectivity index (χ2v) is 4.67. The lowest BCUT2D eigenvalue weighted by atomic mass is 10.2. The van der Waals surface area contributed by atoms with Gasteiger partial charge in [-0.1, -0.05) is 20.8 Å². The van der Waals surface area contributed by atoms with Gasteiger partial charge in [-0.2, -0.15) is 5.10 Å². The Bertz CT molecular complexity index is 360. The van der Waals surface area contributed by atoms with Crippen molar-refractivity contribution in [2.45, 2.75) is 40.3 Å². The van der Waals surface area contributed by atoms with Crippen LogP contribution in [0.1, 0.15) is 32.9 Å². The van der Waals surface area contributed by atoms with Gasteiger partial charge in [0.05, 0.1) is 5.69 Å². The average Bonchev–Trinajstić information content (AvgIpc) is 2.76. The predicted molar refractivity (Wildman–Crippen MR) is 72.1 cm³/mol. The van der Waals surface area contributed by atoms with Crippen LogP contribution in [0.4, 0.5) is 0 Å². The molecule has 5 heteroatoms. The molecule has 0 fully saturated rings. The van der Waals surface area contributed by atoms with Crippen LogP contribution in [0.15, 0.2) is 12.3 Å². The van der Waals surface area contributed by atoms with Gasteiger partial charge in [0.25, 0.3) is 0 Å². The third kappa shape index (κ3) is 4.87. The Morgan fingerprint density at radius 1 is 1.44 bits per heavy atom. The number of amides is 1. The number of aryl methyl sites for hydroxylation is 1. The molecule has 1 aromatic heterocycles. The zero-order valence-corrected chi connectivity index (χ0v) is 11.6. The average molecular weight is 252 g/mol. The molecule has 0 aliphatic carbocycles. The molecule has 0 atom stereocenters. The number of hydrogen-bond donors (Lipinski definition) is 2. The van der Waals surface area contributed by atoms with Crippen molar-refractivity contribution in [1.82, 2.24) is 20.4 Å². The molecule has 0 aliphatic rings. The van der Waals surface area contributed by atoms with Crippen LogP contribution < -0.4 is 10.6 Å². The number of aromatic nitrogens is 2. The minimum absolute atomic E-state index is 0.0518. The first kappa shape index (κ1) is 14.7. The Morgan fingerprint density at radius 3 is 2.89 bits per heavy atom. The van der Waals surface area contributed by atoms with E-state index >= 15 is 0 Å². The van der Waals surface area contributed by atoms with E-state index in [0.717, 1.165) is 26.1 Å². The molecular weight excluding hydrogens is 228 g/mol. The van der Waals surface area contributed by atoms with E-state index in [1.54, 1.807) is 0 Å². The number of rotatable bonds is 8. The van der Waals surface area contributed by atoms with E-state index in [1.165, 1.54) is 5.69 Å². The molecule has 0 radical (unpaired) electrons. The van der Waals surface area contributed by atoms with Crippen molar-refractivity contribution < 1.29 is 4.79 Å². The van der Waals surface area contributed by atoms with E-state index in [1.807, 2.05) is 30.8 Å². The van der Waals surface area contributed by atoms with E-state index in [-0.39, 0.29) is 11.8 Å². The van der Waals surface area contributed by atoms with E-state index in [9.17, 15) is 4.79 Å². The topological polar surface area (TPSA) is 59.0 Å². The molecule has 0 saturated heterocycles. The molecule has 18 heavy (non-hydrogen) atoms. The van der Waals surface area contributed by atoms with Gasteiger partial charge in [0.15, 0.2) is 0 Å². The minimum atomic E-state index is 0.0518. The van der Waals surface area contributed by atoms with Crippen LogP contribution in [0.5, 0.6) is 0 Å². The summed E-state index contributed by atoms with van der Waals surface area (Å²) in [5.41, 5.74) is 1.19. The Balaban J connectivity index is 2.17. The van der Waals surface area contributed by atoms with Crippen LogP contribution in [-0.4, -0.2) is 28.8 Å². The Kier molecular flexibility index (Phi) is 6.43. The zero-order chi connectivity index (χ0) is 13.4. The van der Waals surface area contributed by atoms with Crippen molar-refractivity contribution in [3.8, 4) is 0 Å². The van der Waals surface area contributed by atoms with Gasteiger partial charge in [-0.15, -0.1) is 0 Å². The summed E-state index contributed by atoms with van der Waals surface area (Å²) in [6.07, 6.45) is 2.91. The molecule has 1 aromatic rings. The fourth-order valence-corrected chi connectivity index (χ4v) is 1.62. The van der Waals surface area contributed by atoms with Crippen LogP contribution in [-0.2, 0) is 17.9 Å². The first-order chi connectivity index (χ1) is 8.65. The molecule has 2 N–H and O–H groups in total. The van der Waals surface area contributed by atoms with Gasteiger partial charge >= 0.3 is 0 Å². The van der Waals surface area contributed by atoms with E-state index in [0.29, 0.717) is 6.54 Å². The summed E-state index contributed by atoms with van der Waals surface area (Å²) >= 11 is 0. The van der Waals surface area contributed by atoms with E-state index in [4.69, 9.17) is 0 Å². The van der Waals surface area contributed by atoms with Gasteiger partial charge in [0, 0.05) is 38.3 Å². The molecule has 0 spiro atoms. The summed E-state index contributed by atoms with van der Waals surface area (Å²) in [6, 6.07) is 2.02. The van der Waals surface area contributed by atoms with Crippen LogP contribution in [0, 0.1) is 5.92 Å². The quantitative estimate of drug-likeness (QED) is 0.682. The van der Waals surface area contributed by atoms with Crippen molar-refractivity contribution >= 4 is 5.91 Å². The van der Waals surface area contributed by atoms with Crippen molar-refractivity contribution in [2.75, 3.05) is 13.1 Å². The molecule has 0 aliphatic heterocycles. The molecular formula is C13H24N4O. The van der Waals surface area contributed by atoms with Gasteiger partial charge in [-0.3, -0.25) is 9.48 Å². The van der Waals surface area contributed by atoms with Crippen molar-refractivity contribution in [3.05, 3.63) is 18.0 Å². The number of hydrogen-bond acceptors (Lipinski definition) is 3. The molecule has 1 rings (SSSR count). The molecule has 0 aromatic carbocycles. The summed E-state index contributed by atoms with van der Waals surface area (Å²) in [5.74, 6) is 0.156. The van der Waals surface area contributed by atoms with Crippen molar-refractivity contribution in [1.29, 1.82) is 0 Å². The standard InChI is InChI=1S/C13H24N4O/c1-4-9-17-12(5-6-16-17)10-14-7-8-15-13(18)11(2)3/h5-6,11,14H,4,7-10H2,1-3H3,(H,15,18). The summed E-state index contributed by atoms with van der Waals surface area (Å²) in [5, 5.41) is 10.4. The van der Waals surface area contributed by atoms with Gasteiger partial charge in [0.1, 0.15) is 0 Å². The highest BCUT2D eigenvalue weighted by molar-refractivity contribution is 5.77. The first-order valence-corrected chi connectivity index (χ1v) is 6.64. The normalized spacial score (nSPS) is 10.9. The van der Waals surface area contributed by atoms with Gasteiger partial charge in [-0.25, -0.2) is 0 Å². The zero-order valence-electron chi connectivity index (χ0n) is 11.6. The minimum Gasteiger partial charge on any atom is -0.355 e. The molecule has 0 saturated carbocycles. The maximum absolute atomic E-state index is 11.3. The maximum Gasteiger partial charge on any atom is 0.222 e. The van der Waals surface area contributed by atoms with Crippen LogP contribution in [0.2, 0.25) is 0 Å². The highest BCUT2D eigenvalue weighted by Crippen LogP contribution is 1.99. The third-order valence-corrected chi connectivity index (χ3v) is 2.67. The number of nitrogens with zero attached hydrogens (tertiary/aromatic N) is 2. The highest BCUT2D eigenvalue weighted by Gasteiger charge is 2.05. The number of carbonyl (C=O) groups excluding carboxylic acids is 1. The van der Waals surface area contributed by atoms with Crippen LogP contribution in [0.3, 0.4) is 0 Å². The van der Waals surface area contributed by atoms with Crippen LogP contribution in [0.25, 0.3) is 0 Å². The van der Waals surface area contributed by atoms with Crippen molar-refractivity contribution in [2.24, 2.45) is 5.92 Å². The number of carbonyl (C=O) groups is 1. The molecule has 0 unspecified atom stereocenters. The molecule has 1 amide bonds. The lowest BCUT2D eigenvalue weighted by molar-refractivity contribution is -0.123. The van der Waals surface area contributed by atoms with Gasteiger partial charge in [-0.05, 0) is 12.5 Å². The molecule has 5 nitrogen and oxygen atoms in total. The van der Waals surface area contributed by atoms with E-state index < -0.39 is 0 Å². The number of nitrogens with one attached hydrogen (secondary N) is 2. The second-order valence-electron chi connectivity index (χ2n) is 4.67. The van der Waals surface area contributed by atoms with Crippen molar-refractivity contribution in [3.63, 3.8) is 0 Å². The Hall–Kier alpha value is -1.36. The first-order valence-electron chi connectivity index (χ1n) is 6.64. The SMILES string of the molecule is CCCn1nccc1CNCCNC(=O)C(C)C. The molecule has 1 heterocycles. The largest absolute Gasteiger partial charge is 0.355 e. The lowest BCUT2D eigenvalue weighted by Gasteiger charge is -2.09. The summed E-state index contributed by atoms with van der Waals surface area (Å²) in [4.78, 5) is 11.3. The van der Waals surface area contributed by atoms with Gasteiger partial charge in [0.2, 0.25) is 5.91 Å². The summed E-state index contributed by atoms with van der Waals surface area (Å²) in [7, 11) is 0. The predicted octanol–water partition coefficient (Wildman–Crippen LogP) is 1.15. The lowest BCUT2D eigenvalue weighted by Crippen LogP contribution is -2.34. The van der Waals surface area contributed by atoms with E-state index in [2.05, 4.69) is 22.7 Å². The Labute approximate surface area is 109 Å². The fourth-order valence-electron chi connectivity index (χ4n) is 1.62. The molecule has 0 bridgehead atoms. The Morgan fingerprint density at radius 2 is 2.22 bits per heavy atom. The molecule has 102 valence electrons. The third-order valence-electron chi connectivity index (χ3n) is 2.67. The monoisotopic (exact) mass is 252 g/mol. The smallest absolute Gasteiger partial charge is 0.222 e. The van der Waals surface area contributed by atoms with Crippen LogP contribution >= 0.6 is 0 Å². The summed E-state index contributed by atoms with van der Waals surface area (Å²) < 4.78 is 2.01. The maximum atomic E-state index is 11.3. The van der Waals surface area contributed by atoms with Gasteiger partial charge < -0.3 is 10.6 Å². The highest BCUT2D eigenvalue weighted by atomic mass is 16.1. The second kappa shape index (κ2) is 7.87.